The highest BCUT2D eigenvalue weighted by Gasteiger charge is 2.49. The second kappa shape index (κ2) is 14.6. The highest BCUT2D eigenvalue weighted by Crippen LogP contribution is 2.31. The van der Waals surface area contributed by atoms with Crippen LogP contribution in [0.25, 0.3) is 0 Å². The lowest BCUT2D eigenvalue weighted by Crippen LogP contribution is -2.47. The summed E-state index contributed by atoms with van der Waals surface area (Å²) in [6, 6.07) is -2.10. The van der Waals surface area contributed by atoms with Crippen LogP contribution in [0.2, 0.25) is 0 Å². The lowest BCUT2D eigenvalue weighted by Gasteiger charge is -2.27. The van der Waals surface area contributed by atoms with Gasteiger partial charge in [-0.15, -0.1) is 4.28 Å². The number of nitrogens with two attached hydrogens (primary N) is 1. The molecule has 0 aromatic heterocycles. The van der Waals surface area contributed by atoms with Crippen LogP contribution in [0.4, 0.5) is 4.79 Å². The normalized spacial score (nSPS) is 19.8. The fourth-order valence-electron chi connectivity index (χ4n) is 3.67. The molecule has 4 N–H and O–H groups in total. The Hall–Kier alpha value is -3.51. The van der Waals surface area contributed by atoms with E-state index in [0.717, 1.165) is 0 Å². The highest BCUT2D eigenvalue weighted by atomic mass is 32.3. The summed E-state index contributed by atoms with van der Waals surface area (Å²) in [7, 11) is -4.60. The maximum atomic E-state index is 12.3. The number of carboxylic acid groups (broad SMARTS) is 2. The number of aliphatic carboxylic acids is 2. The maximum absolute atomic E-state index is 12.3. The SMILES string of the molecule is CC(C)C(=O)OCC(C)(CC(=O)O)C(=O)O.CCOC(=O)C(C)(C)COS(=O)(=O)ON1C(=O)N2C[C@H]1CC[C@H]2C(N)=O. The van der Waals surface area contributed by atoms with Crippen molar-refractivity contribution in [2.24, 2.45) is 22.5 Å². The predicted molar refractivity (Wildman–Crippen MR) is 140 cm³/mol. The van der Waals surface area contributed by atoms with Gasteiger partial charge in [0.05, 0.1) is 37.0 Å². The first-order chi connectivity index (χ1) is 19.2. The first kappa shape index (κ1) is 36.5. The average Bonchev–Trinajstić information content (AvgIpc) is 3.10. The van der Waals surface area contributed by atoms with E-state index in [1.165, 1.54) is 25.7 Å². The van der Waals surface area contributed by atoms with Crippen molar-refractivity contribution >= 4 is 46.2 Å². The van der Waals surface area contributed by atoms with E-state index in [4.69, 9.17) is 33.9 Å². The Kier molecular flexibility index (Phi) is 12.7. The number of fused-ring (bicyclic) bond motifs is 2. The number of amides is 3. The quantitative estimate of drug-likeness (QED) is 0.219. The molecule has 0 aromatic rings. The van der Waals surface area contributed by atoms with Crippen LogP contribution in [-0.2, 0) is 52.3 Å². The summed E-state index contributed by atoms with van der Waals surface area (Å²) in [5.41, 5.74) is 2.45. The summed E-state index contributed by atoms with van der Waals surface area (Å²) in [6.07, 6.45) is 0.0930. The van der Waals surface area contributed by atoms with E-state index >= 15 is 0 Å². The van der Waals surface area contributed by atoms with Crippen molar-refractivity contribution in [1.82, 2.24) is 9.96 Å². The Morgan fingerprint density at radius 1 is 1.05 bits per heavy atom. The average molecular weight is 626 g/mol. The number of rotatable bonds is 14. The van der Waals surface area contributed by atoms with Crippen LogP contribution in [0.1, 0.15) is 60.8 Å². The van der Waals surface area contributed by atoms with Gasteiger partial charge in [-0.1, -0.05) is 13.8 Å². The molecule has 0 saturated carbocycles. The molecule has 42 heavy (non-hydrogen) atoms. The molecule has 1 unspecified atom stereocenters. The van der Waals surface area contributed by atoms with Crippen molar-refractivity contribution in [3.05, 3.63) is 0 Å². The van der Waals surface area contributed by atoms with Gasteiger partial charge in [-0.2, -0.15) is 13.5 Å². The fourth-order valence-corrected chi connectivity index (χ4v) is 4.53. The second-order valence-electron chi connectivity index (χ2n) is 11.0. The van der Waals surface area contributed by atoms with Crippen LogP contribution < -0.4 is 5.73 Å². The number of hydrogen-bond donors (Lipinski definition) is 3. The Bertz CT molecular complexity index is 1160. The number of carbonyl (C=O) groups is 6. The van der Waals surface area contributed by atoms with E-state index < -0.39 is 88.8 Å². The van der Waals surface area contributed by atoms with Crippen molar-refractivity contribution in [2.45, 2.75) is 72.9 Å². The molecule has 0 radical (unpaired) electrons. The summed E-state index contributed by atoms with van der Waals surface area (Å²) in [5.74, 6) is -4.75. The monoisotopic (exact) mass is 625 g/mol. The van der Waals surface area contributed by atoms with Crippen LogP contribution in [0.15, 0.2) is 0 Å². The van der Waals surface area contributed by atoms with Crippen LogP contribution >= 0.6 is 0 Å². The lowest BCUT2D eigenvalue weighted by atomic mass is 9.88. The first-order valence-electron chi connectivity index (χ1n) is 12.9. The summed E-state index contributed by atoms with van der Waals surface area (Å²) in [5, 5.41) is 18.1. The van der Waals surface area contributed by atoms with E-state index in [-0.39, 0.29) is 19.1 Å². The molecule has 3 atom stereocenters. The van der Waals surface area contributed by atoms with Gasteiger partial charge in [-0.05, 0) is 40.5 Å². The number of nitrogens with zero attached hydrogens (tertiary/aromatic N) is 2. The zero-order valence-electron chi connectivity index (χ0n) is 24.4. The van der Waals surface area contributed by atoms with Gasteiger partial charge < -0.3 is 30.3 Å². The molecule has 0 aromatic carbocycles. The number of hydrogen-bond acceptors (Lipinski definition) is 12. The topological polar surface area (TPSA) is 246 Å². The Morgan fingerprint density at radius 3 is 2.12 bits per heavy atom. The second-order valence-corrected chi connectivity index (χ2v) is 12.2. The van der Waals surface area contributed by atoms with Crippen molar-refractivity contribution in [3.8, 4) is 0 Å². The summed E-state index contributed by atoms with van der Waals surface area (Å²) in [6.45, 7) is 8.31. The van der Waals surface area contributed by atoms with Crippen molar-refractivity contribution in [3.63, 3.8) is 0 Å². The summed E-state index contributed by atoms with van der Waals surface area (Å²) < 4.78 is 43.2. The number of esters is 2. The van der Waals surface area contributed by atoms with Crippen molar-refractivity contribution in [2.75, 3.05) is 26.4 Å². The van der Waals surface area contributed by atoms with Gasteiger partial charge in [0.1, 0.15) is 18.1 Å². The van der Waals surface area contributed by atoms with E-state index in [1.807, 2.05) is 0 Å². The molecule has 0 aliphatic carbocycles. The molecule has 2 bridgehead atoms. The standard InChI is InChI=1S/C14H23N3O8S.C10H16O6/c1-4-23-12(19)14(2,3)8-24-26(21,22)25-17-9-5-6-10(11(15)18)16(7-9)13(17)20;1-6(2)8(13)16-5-10(3,9(14)15)4-7(11)12/h9-10H,4-8H2,1-3H3,(H2,15,18);6H,4-5H2,1-3H3,(H,11,12)(H,14,15)/t9-,10+;/m1./s1. The molecule has 2 aliphatic heterocycles. The highest BCUT2D eigenvalue weighted by molar-refractivity contribution is 7.81. The molecule has 0 spiro atoms. The number of hydroxylamine groups is 2. The molecule has 17 nitrogen and oxygen atoms in total. The number of primary amides is 1. The molecule has 2 rings (SSSR count). The van der Waals surface area contributed by atoms with Gasteiger partial charge in [0.15, 0.2) is 0 Å². The lowest BCUT2D eigenvalue weighted by molar-refractivity contribution is -0.164. The van der Waals surface area contributed by atoms with Gasteiger partial charge >= 0.3 is 40.3 Å². The molecule has 2 aliphatic rings. The van der Waals surface area contributed by atoms with Gasteiger partial charge in [0.25, 0.3) is 0 Å². The van der Waals surface area contributed by atoms with Crippen molar-refractivity contribution < 1.29 is 65.3 Å². The van der Waals surface area contributed by atoms with E-state index in [9.17, 15) is 37.2 Å². The van der Waals surface area contributed by atoms with E-state index in [0.29, 0.717) is 17.9 Å². The third kappa shape index (κ3) is 10.1. The molecule has 2 saturated heterocycles. The third-order valence-electron chi connectivity index (χ3n) is 6.28. The number of ether oxygens (including phenoxy) is 2. The molecular formula is C24H39N3O14S. The maximum Gasteiger partial charge on any atom is 0.421 e. The minimum Gasteiger partial charge on any atom is -0.481 e. The van der Waals surface area contributed by atoms with Crippen LogP contribution in [-0.4, -0.2) is 103 Å². The van der Waals surface area contributed by atoms with Gasteiger partial charge in [-0.25, -0.2) is 8.98 Å². The van der Waals surface area contributed by atoms with Gasteiger partial charge in [0.2, 0.25) is 5.91 Å². The summed E-state index contributed by atoms with van der Waals surface area (Å²) >= 11 is 0. The summed E-state index contributed by atoms with van der Waals surface area (Å²) in [4.78, 5) is 69.2. The first-order valence-corrected chi connectivity index (χ1v) is 14.3. The Morgan fingerprint density at radius 2 is 1.64 bits per heavy atom. The van der Waals surface area contributed by atoms with E-state index in [1.54, 1.807) is 20.8 Å². The van der Waals surface area contributed by atoms with Crippen LogP contribution in [0.5, 0.6) is 0 Å². The fraction of sp³-hybridized carbons (Fsp3) is 0.750. The Balaban J connectivity index is 0.000000476. The molecule has 2 fully saturated rings. The number of carboxylic acids is 2. The zero-order valence-corrected chi connectivity index (χ0v) is 25.2. The molecular weight excluding hydrogens is 586 g/mol. The molecule has 240 valence electrons. The van der Waals surface area contributed by atoms with Crippen LogP contribution in [0, 0.1) is 16.7 Å². The molecule has 2 heterocycles. The van der Waals surface area contributed by atoms with Crippen molar-refractivity contribution in [1.29, 1.82) is 0 Å². The third-order valence-corrected chi connectivity index (χ3v) is 7.03. The smallest absolute Gasteiger partial charge is 0.421 e. The Labute approximate surface area is 243 Å². The number of urea groups is 1. The van der Waals surface area contributed by atoms with Gasteiger partial charge in [-0.3, -0.25) is 24.0 Å². The zero-order chi connectivity index (χ0) is 32.6. The van der Waals surface area contributed by atoms with Gasteiger partial charge in [0, 0.05) is 6.54 Å². The minimum absolute atomic E-state index is 0.135. The number of carbonyl (C=O) groups excluding carboxylic acids is 4. The largest absolute Gasteiger partial charge is 0.481 e. The number of piperidine rings is 1. The molecule has 18 heteroatoms. The minimum atomic E-state index is -4.60. The molecule has 3 amide bonds. The predicted octanol–water partition coefficient (Wildman–Crippen LogP) is 0.274. The van der Waals surface area contributed by atoms with Crippen LogP contribution in [0.3, 0.4) is 0 Å². The van der Waals surface area contributed by atoms with E-state index in [2.05, 4.69) is 0 Å².